The van der Waals surface area contributed by atoms with Crippen molar-refractivity contribution in [1.82, 2.24) is 20.0 Å². The number of nitrogens with zero attached hydrogens (tertiary/aromatic N) is 3. The van der Waals surface area contributed by atoms with Crippen molar-refractivity contribution in [1.29, 1.82) is 0 Å². The molecular weight excluding hydrogens is 290 g/mol. The van der Waals surface area contributed by atoms with Crippen molar-refractivity contribution in [2.75, 3.05) is 13.2 Å². The van der Waals surface area contributed by atoms with Gasteiger partial charge in [-0.3, -0.25) is 11.3 Å². The molecule has 0 aliphatic heterocycles. The van der Waals surface area contributed by atoms with Crippen molar-refractivity contribution >= 4 is 11.0 Å². The van der Waals surface area contributed by atoms with Crippen molar-refractivity contribution in [3.05, 3.63) is 42.9 Å². The fourth-order valence-electron chi connectivity index (χ4n) is 2.57. The normalized spacial score (nSPS) is 11.0. The molecule has 3 N–H and O–H groups in total. The number of imidazole rings is 1. The first-order chi connectivity index (χ1) is 11.3. The molecule has 3 rings (SSSR count). The SMILES string of the molecule is CCn1cnc2c(-c3ccccc3)ncc(OCCCNN)c21. The van der Waals surface area contributed by atoms with Crippen LogP contribution in [0.2, 0.25) is 0 Å². The van der Waals surface area contributed by atoms with Gasteiger partial charge in [0.15, 0.2) is 5.75 Å². The van der Waals surface area contributed by atoms with E-state index in [1.165, 1.54) is 0 Å². The molecule has 0 aliphatic rings. The van der Waals surface area contributed by atoms with E-state index in [-0.39, 0.29) is 0 Å². The molecular formula is C17H21N5O. The quantitative estimate of drug-likeness (QED) is 0.398. The smallest absolute Gasteiger partial charge is 0.163 e. The number of hydrogen-bond acceptors (Lipinski definition) is 5. The molecule has 23 heavy (non-hydrogen) atoms. The second-order valence-corrected chi connectivity index (χ2v) is 5.22. The van der Waals surface area contributed by atoms with Crippen LogP contribution in [0.25, 0.3) is 22.3 Å². The van der Waals surface area contributed by atoms with E-state index in [1.807, 2.05) is 36.7 Å². The first-order valence-corrected chi connectivity index (χ1v) is 7.80. The highest BCUT2D eigenvalue weighted by molar-refractivity contribution is 5.93. The average molecular weight is 311 g/mol. The highest BCUT2D eigenvalue weighted by atomic mass is 16.5. The molecule has 0 fully saturated rings. The average Bonchev–Trinajstić information content (AvgIpc) is 3.04. The molecule has 0 spiro atoms. The first kappa shape index (κ1) is 15.5. The molecule has 0 aliphatic carbocycles. The van der Waals surface area contributed by atoms with E-state index >= 15 is 0 Å². The number of hydrogen-bond donors (Lipinski definition) is 2. The predicted molar refractivity (Wildman–Crippen MR) is 90.9 cm³/mol. The van der Waals surface area contributed by atoms with Gasteiger partial charge in [0.1, 0.15) is 11.0 Å². The highest BCUT2D eigenvalue weighted by Gasteiger charge is 2.15. The lowest BCUT2D eigenvalue weighted by Gasteiger charge is -2.11. The lowest BCUT2D eigenvalue weighted by molar-refractivity contribution is 0.310. The van der Waals surface area contributed by atoms with Gasteiger partial charge in [-0.15, -0.1) is 0 Å². The molecule has 0 radical (unpaired) electrons. The Bertz CT molecular complexity index is 769. The van der Waals surface area contributed by atoms with Crippen LogP contribution in [0.1, 0.15) is 13.3 Å². The van der Waals surface area contributed by atoms with Crippen LogP contribution in [-0.4, -0.2) is 27.7 Å². The van der Waals surface area contributed by atoms with Crippen molar-refractivity contribution in [2.24, 2.45) is 5.84 Å². The van der Waals surface area contributed by atoms with Gasteiger partial charge in [0.05, 0.1) is 24.8 Å². The molecule has 1 aromatic carbocycles. The maximum Gasteiger partial charge on any atom is 0.163 e. The van der Waals surface area contributed by atoms with E-state index in [9.17, 15) is 0 Å². The summed E-state index contributed by atoms with van der Waals surface area (Å²) in [5.41, 5.74) is 6.41. The number of rotatable bonds is 7. The maximum absolute atomic E-state index is 5.89. The van der Waals surface area contributed by atoms with E-state index in [4.69, 9.17) is 10.6 Å². The maximum atomic E-state index is 5.89. The Morgan fingerprint density at radius 3 is 2.78 bits per heavy atom. The summed E-state index contributed by atoms with van der Waals surface area (Å²) in [4.78, 5) is 9.14. The zero-order valence-electron chi connectivity index (χ0n) is 13.2. The van der Waals surface area contributed by atoms with Gasteiger partial charge >= 0.3 is 0 Å². The second-order valence-electron chi connectivity index (χ2n) is 5.22. The summed E-state index contributed by atoms with van der Waals surface area (Å²) in [5, 5.41) is 0. The predicted octanol–water partition coefficient (Wildman–Crippen LogP) is 2.35. The number of nitrogens with one attached hydrogen (secondary N) is 1. The minimum absolute atomic E-state index is 0.584. The summed E-state index contributed by atoms with van der Waals surface area (Å²) in [5.74, 6) is 6.04. The number of nitrogens with two attached hydrogens (primary N) is 1. The number of hydrazine groups is 1. The number of ether oxygens (including phenoxy) is 1. The summed E-state index contributed by atoms with van der Waals surface area (Å²) in [7, 11) is 0. The summed E-state index contributed by atoms with van der Waals surface area (Å²) in [6, 6.07) is 10.1. The molecule has 2 heterocycles. The van der Waals surface area contributed by atoms with Crippen molar-refractivity contribution in [2.45, 2.75) is 19.9 Å². The second kappa shape index (κ2) is 7.21. The van der Waals surface area contributed by atoms with Crippen LogP contribution in [0.5, 0.6) is 5.75 Å². The van der Waals surface area contributed by atoms with Gasteiger partial charge in [-0.25, -0.2) is 9.97 Å². The largest absolute Gasteiger partial charge is 0.490 e. The molecule has 0 bridgehead atoms. The molecule has 2 aromatic heterocycles. The van der Waals surface area contributed by atoms with Gasteiger partial charge < -0.3 is 9.30 Å². The number of benzene rings is 1. The van der Waals surface area contributed by atoms with Crippen LogP contribution >= 0.6 is 0 Å². The first-order valence-electron chi connectivity index (χ1n) is 7.80. The van der Waals surface area contributed by atoms with Gasteiger partial charge in [-0.2, -0.15) is 0 Å². The highest BCUT2D eigenvalue weighted by Crippen LogP contribution is 2.31. The number of aryl methyl sites for hydroxylation is 1. The monoisotopic (exact) mass is 311 g/mol. The minimum atomic E-state index is 0.584. The van der Waals surface area contributed by atoms with Crippen molar-refractivity contribution in [3.63, 3.8) is 0 Å². The third kappa shape index (κ3) is 3.18. The number of aromatic nitrogens is 3. The summed E-state index contributed by atoms with van der Waals surface area (Å²) in [6.07, 6.45) is 4.46. The molecule has 0 saturated carbocycles. The lowest BCUT2D eigenvalue weighted by Crippen LogP contribution is -2.24. The molecule has 0 atom stereocenters. The lowest BCUT2D eigenvalue weighted by atomic mass is 10.1. The summed E-state index contributed by atoms with van der Waals surface area (Å²) < 4.78 is 7.98. The molecule has 120 valence electrons. The topological polar surface area (TPSA) is 78.0 Å². The fraction of sp³-hybridized carbons (Fsp3) is 0.294. The van der Waals surface area contributed by atoms with E-state index in [1.54, 1.807) is 6.20 Å². The van der Waals surface area contributed by atoms with E-state index < -0.39 is 0 Å². The minimum Gasteiger partial charge on any atom is -0.490 e. The van der Waals surface area contributed by atoms with Gasteiger partial charge in [-0.1, -0.05) is 30.3 Å². The summed E-state index contributed by atoms with van der Waals surface area (Å²) >= 11 is 0. The van der Waals surface area contributed by atoms with Gasteiger partial charge in [0.25, 0.3) is 0 Å². The molecule has 0 saturated heterocycles. The standard InChI is InChI=1S/C17H21N5O/c1-2-22-12-20-16-15(13-7-4-3-5-8-13)19-11-14(17(16)22)23-10-6-9-21-18/h3-5,7-8,11-12,21H,2,6,9-10,18H2,1H3. The summed E-state index contributed by atoms with van der Waals surface area (Å²) in [6.45, 7) is 4.22. The Hall–Kier alpha value is -2.44. The van der Waals surface area contributed by atoms with Gasteiger partial charge in [0.2, 0.25) is 0 Å². The number of fused-ring (bicyclic) bond motifs is 1. The van der Waals surface area contributed by atoms with Crippen molar-refractivity contribution < 1.29 is 4.74 Å². The van der Waals surface area contributed by atoms with Crippen LogP contribution in [0.15, 0.2) is 42.9 Å². The number of pyridine rings is 1. The molecule has 0 amide bonds. The van der Waals surface area contributed by atoms with Crippen LogP contribution in [-0.2, 0) is 6.54 Å². The van der Waals surface area contributed by atoms with Gasteiger partial charge in [-0.05, 0) is 13.3 Å². The van der Waals surface area contributed by atoms with Gasteiger partial charge in [0, 0.05) is 18.7 Å². The third-order valence-electron chi connectivity index (χ3n) is 3.72. The third-order valence-corrected chi connectivity index (χ3v) is 3.72. The molecule has 6 heteroatoms. The van der Waals surface area contributed by atoms with Crippen LogP contribution in [0.4, 0.5) is 0 Å². The van der Waals surface area contributed by atoms with Crippen LogP contribution < -0.4 is 16.0 Å². The Balaban J connectivity index is 2.01. The Kier molecular flexibility index (Phi) is 4.85. The molecule has 3 aromatic rings. The Labute approximate surface area is 135 Å². The zero-order chi connectivity index (χ0) is 16.1. The Morgan fingerprint density at radius 2 is 2.04 bits per heavy atom. The van der Waals surface area contributed by atoms with E-state index in [0.29, 0.717) is 13.2 Å². The zero-order valence-corrected chi connectivity index (χ0v) is 13.2. The van der Waals surface area contributed by atoms with Crippen LogP contribution in [0.3, 0.4) is 0 Å². The molecule has 0 unspecified atom stereocenters. The van der Waals surface area contributed by atoms with E-state index in [2.05, 4.69) is 26.9 Å². The fourth-order valence-corrected chi connectivity index (χ4v) is 2.57. The van der Waals surface area contributed by atoms with E-state index in [0.717, 1.165) is 41.0 Å². The van der Waals surface area contributed by atoms with Crippen LogP contribution in [0, 0.1) is 0 Å². The Morgan fingerprint density at radius 1 is 1.22 bits per heavy atom. The van der Waals surface area contributed by atoms with Crippen molar-refractivity contribution in [3.8, 4) is 17.0 Å². The molecule has 6 nitrogen and oxygen atoms in total.